The number of ether oxygens (including phenoxy) is 2. The number of carbonyl (C=O) groups is 2. The molecule has 1 atom stereocenters. The standard InChI is InChI=1S/C17H22FNO4/c1-11-5-6-12(9-13(11)18)15(20)14-10-22-8-7-19(14)16(21)23-17(2,3)4/h5-6,9,14H,7-8,10H2,1-4H3. The second-order valence-electron chi connectivity index (χ2n) is 6.59. The van der Waals surface area contributed by atoms with Crippen LogP contribution < -0.4 is 0 Å². The molecule has 1 fully saturated rings. The van der Waals surface area contributed by atoms with Crippen molar-refractivity contribution in [3.8, 4) is 0 Å². The highest BCUT2D eigenvalue weighted by molar-refractivity contribution is 6.01. The first-order chi connectivity index (χ1) is 10.7. The molecule has 2 rings (SSSR count). The first kappa shape index (κ1) is 17.4. The van der Waals surface area contributed by atoms with Crippen LogP contribution in [0.4, 0.5) is 9.18 Å². The molecule has 126 valence electrons. The van der Waals surface area contributed by atoms with Crippen LogP contribution in [0.15, 0.2) is 18.2 Å². The molecule has 1 unspecified atom stereocenters. The third kappa shape index (κ3) is 4.28. The summed E-state index contributed by atoms with van der Waals surface area (Å²) in [6, 6.07) is 3.49. The minimum Gasteiger partial charge on any atom is -0.444 e. The van der Waals surface area contributed by atoms with E-state index in [-0.39, 0.29) is 24.5 Å². The van der Waals surface area contributed by atoms with Crippen LogP contribution in [0.1, 0.15) is 36.7 Å². The number of carbonyl (C=O) groups excluding carboxylic acids is 2. The third-order valence-corrected chi connectivity index (χ3v) is 3.52. The molecule has 1 aliphatic heterocycles. The predicted octanol–water partition coefficient (Wildman–Crippen LogP) is 2.95. The number of Topliss-reactive ketones (excluding diaryl/α,β-unsaturated/α-hetero) is 1. The quantitative estimate of drug-likeness (QED) is 0.785. The smallest absolute Gasteiger partial charge is 0.411 e. The first-order valence-electron chi connectivity index (χ1n) is 7.57. The van der Waals surface area contributed by atoms with Crippen LogP contribution in [-0.2, 0) is 9.47 Å². The Labute approximate surface area is 135 Å². The molecule has 1 aromatic rings. The molecule has 0 bridgehead atoms. The van der Waals surface area contributed by atoms with Crippen molar-refractivity contribution in [2.45, 2.75) is 39.3 Å². The molecular formula is C17H22FNO4. The predicted molar refractivity (Wildman–Crippen MR) is 83.0 cm³/mol. The van der Waals surface area contributed by atoms with Crippen molar-refractivity contribution in [1.29, 1.82) is 0 Å². The molecule has 0 saturated carbocycles. The van der Waals surface area contributed by atoms with Crippen molar-refractivity contribution in [3.63, 3.8) is 0 Å². The molecular weight excluding hydrogens is 301 g/mol. The fourth-order valence-electron chi connectivity index (χ4n) is 2.30. The van der Waals surface area contributed by atoms with E-state index in [9.17, 15) is 14.0 Å². The van der Waals surface area contributed by atoms with Gasteiger partial charge in [-0.3, -0.25) is 9.69 Å². The zero-order valence-electron chi connectivity index (χ0n) is 13.9. The maximum Gasteiger partial charge on any atom is 0.411 e. The molecule has 1 aliphatic rings. The molecule has 1 heterocycles. The highest BCUT2D eigenvalue weighted by Crippen LogP contribution is 2.19. The number of benzene rings is 1. The van der Waals surface area contributed by atoms with Gasteiger partial charge < -0.3 is 9.47 Å². The molecule has 1 aromatic carbocycles. The summed E-state index contributed by atoms with van der Waals surface area (Å²) < 4.78 is 24.4. The third-order valence-electron chi connectivity index (χ3n) is 3.52. The summed E-state index contributed by atoms with van der Waals surface area (Å²) >= 11 is 0. The van der Waals surface area contributed by atoms with Gasteiger partial charge in [-0.2, -0.15) is 0 Å². The van der Waals surface area contributed by atoms with E-state index in [1.165, 1.54) is 11.0 Å². The number of halogens is 1. The second kappa shape index (κ2) is 6.66. The Balaban J connectivity index is 2.21. The van der Waals surface area contributed by atoms with Crippen molar-refractivity contribution in [3.05, 3.63) is 35.1 Å². The molecule has 6 heteroatoms. The number of morpholine rings is 1. The van der Waals surface area contributed by atoms with Crippen molar-refractivity contribution >= 4 is 11.9 Å². The summed E-state index contributed by atoms with van der Waals surface area (Å²) in [6.45, 7) is 7.59. The Kier molecular flexibility index (Phi) is 5.04. The van der Waals surface area contributed by atoms with E-state index in [4.69, 9.17) is 9.47 Å². The number of rotatable bonds is 2. The van der Waals surface area contributed by atoms with Gasteiger partial charge in [0.25, 0.3) is 0 Å². The lowest BCUT2D eigenvalue weighted by Crippen LogP contribution is -2.53. The van der Waals surface area contributed by atoms with Crippen LogP contribution in [0.2, 0.25) is 0 Å². The average molecular weight is 323 g/mol. The van der Waals surface area contributed by atoms with E-state index in [0.717, 1.165) is 0 Å². The average Bonchev–Trinajstić information content (AvgIpc) is 2.47. The van der Waals surface area contributed by atoms with Gasteiger partial charge in [0.2, 0.25) is 0 Å². The van der Waals surface area contributed by atoms with Gasteiger partial charge in [0, 0.05) is 12.1 Å². The monoisotopic (exact) mass is 323 g/mol. The first-order valence-corrected chi connectivity index (χ1v) is 7.57. The van der Waals surface area contributed by atoms with Gasteiger partial charge in [0.1, 0.15) is 17.5 Å². The largest absolute Gasteiger partial charge is 0.444 e. The van der Waals surface area contributed by atoms with E-state index >= 15 is 0 Å². The lowest BCUT2D eigenvalue weighted by molar-refractivity contribution is -0.0265. The summed E-state index contributed by atoms with van der Waals surface area (Å²) in [6.07, 6.45) is -0.563. The van der Waals surface area contributed by atoms with Gasteiger partial charge in [-0.15, -0.1) is 0 Å². The maximum atomic E-state index is 13.7. The SMILES string of the molecule is Cc1ccc(C(=O)C2COCCN2C(=O)OC(C)(C)C)cc1F. The topological polar surface area (TPSA) is 55.8 Å². The van der Waals surface area contributed by atoms with Gasteiger partial charge in [0.05, 0.1) is 13.2 Å². The minimum absolute atomic E-state index is 0.0770. The van der Waals surface area contributed by atoms with E-state index in [1.54, 1.807) is 39.8 Å². The Hall–Kier alpha value is -1.95. The molecule has 23 heavy (non-hydrogen) atoms. The highest BCUT2D eigenvalue weighted by Gasteiger charge is 2.36. The summed E-state index contributed by atoms with van der Waals surface area (Å²) in [4.78, 5) is 26.3. The number of amides is 1. The maximum absolute atomic E-state index is 13.7. The summed E-state index contributed by atoms with van der Waals surface area (Å²) in [5.41, 5.74) is 0.0291. The molecule has 0 N–H and O–H groups in total. The molecule has 1 saturated heterocycles. The van der Waals surface area contributed by atoms with E-state index in [1.807, 2.05) is 0 Å². The van der Waals surface area contributed by atoms with Crippen LogP contribution in [0.25, 0.3) is 0 Å². The second-order valence-corrected chi connectivity index (χ2v) is 6.59. The Morgan fingerprint density at radius 1 is 1.35 bits per heavy atom. The number of hydrogen-bond donors (Lipinski definition) is 0. The lowest BCUT2D eigenvalue weighted by atomic mass is 10.0. The van der Waals surface area contributed by atoms with Crippen LogP contribution in [0.5, 0.6) is 0 Å². The zero-order chi connectivity index (χ0) is 17.2. The fourth-order valence-corrected chi connectivity index (χ4v) is 2.30. The Bertz CT molecular complexity index is 609. The van der Waals surface area contributed by atoms with Gasteiger partial charge in [-0.1, -0.05) is 12.1 Å². The Morgan fingerprint density at radius 2 is 2.04 bits per heavy atom. The normalized spacial score (nSPS) is 18.7. The van der Waals surface area contributed by atoms with Gasteiger partial charge in [-0.25, -0.2) is 9.18 Å². The zero-order valence-corrected chi connectivity index (χ0v) is 13.9. The summed E-state index contributed by atoms with van der Waals surface area (Å²) in [7, 11) is 0. The van der Waals surface area contributed by atoms with Gasteiger partial charge in [-0.05, 0) is 39.3 Å². The molecule has 0 spiro atoms. The van der Waals surface area contributed by atoms with Crippen LogP contribution in [0.3, 0.4) is 0 Å². The van der Waals surface area contributed by atoms with Crippen LogP contribution >= 0.6 is 0 Å². The van der Waals surface area contributed by atoms with Crippen LogP contribution in [-0.4, -0.2) is 48.2 Å². The molecule has 5 nitrogen and oxygen atoms in total. The van der Waals surface area contributed by atoms with E-state index < -0.39 is 23.6 Å². The molecule has 1 amide bonds. The van der Waals surface area contributed by atoms with E-state index in [0.29, 0.717) is 12.2 Å². The van der Waals surface area contributed by atoms with Crippen LogP contribution in [0, 0.1) is 12.7 Å². The van der Waals surface area contributed by atoms with Crippen molar-refractivity contribution < 1.29 is 23.5 Å². The van der Waals surface area contributed by atoms with Crippen molar-refractivity contribution in [2.75, 3.05) is 19.8 Å². The summed E-state index contributed by atoms with van der Waals surface area (Å²) in [5, 5.41) is 0. The lowest BCUT2D eigenvalue weighted by Gasteiger charge is -2.35. The molecule has 0 radical (unpaired) electrons. The number of ketones is 1. The minimum atomic E-state index is -0.805. The van der Waals surface area contributed by atoms with Crippen molar-refractivity contribution in [1.82, 2.24) is 4.90 Å². The summed E-state index contributed by atoms with van der Waals surface area (Å²) in [5.74, 6) is -0.800. The molecule has 0 aromatic heterocycles. The molecule has 0 aliphatic carbocycles. The number of nitrogens with zero attached hydrogens (tertiary/aromatic N) is 1. The van der Waals surface area contributed by atoms with Gasteiger partial charge >= 0.3 is 6.09 Å². The Morgan fingerprint density at radius 3 is 2.65 bits per heavy atom. The fraction of sp³-hybridized carbons (Fsp3) is 0.529. The van der Waals surface area contributed by atoms with E-state index in [2.05, 4.69) is 0 Å². The van der Waals surface area contributed by atoms with Crippen molar-refractivity contribution in [2.24, 2.45) is 0 Å². The highest BCUT2D eigenvalue weighted by atomic mass is 19.1. The number of hydrogen-bond acceptors (Lipinski definition) is 4. The number of aryl methyl sites for hydroxylation is 1. The van der Waals surface area contributed by atoms with Gasteiger partial charge in [0.15, 0.2) is 5.78 Å².